The number of benzene rings is 1. The molecule has 0 radical (unpaired) electrons. The Balaban J connectivity index is 1.81. The Morgan fingerprint density at radius 2 is 2.15 bits per heavy atom. The van der Waals surface area contributed by atoms with Crippen LogP contribution in [0.4, 0.5) is 0 Å². The topological polar surface area (TPSA) is 99.3 Å². The first-order valence-electron chi connectivity index (χ1n) is 9.37. The molecule has 1 aliphatic carbocycles. The van der Waals surface area contributed by atoms with Crippen LogP contribution >= 0.6 is 0 Å². The summed E-state index contributed by atoms with van der Waals surface area (Å²) in [6.45, 7) is 3.90. The number of aromatic nitrogens is 3. The second-order valence-electron chi connectivity index (χ2n) is 7.34. The van der Waals surface area contributed by atoms with Crippen LogP contribution in [-0.4, -0.2) is 39.6 Å². The van der Waals surface area contributed by atoms with E-state index in [1.807, 2.05) is 13.8 Å². The van der Waals surface area contributed by atoms with Gasteiger partial charge in [0, 0.05) is 25.3 Å². The van der Waals surface area contributed by atoms with Crippen molar-refractivity contribution in [3.05, 3.63) is 35.5 Å². The van der Waals surface area contributed by atoms with Crippen LogP contribution in [-0.2, 0) is 4.74 Å². The van der Waals surface area contributed by atoms with Crippen molar-refractivity contribution in [3.63, 3.8) is 0 Å². The summed E-state index contributed by atoms with van der Waals surface area (Å²) in [6, 6.07) is 6.27. The summed E-state index contributed by atoms with van der Waals surface area (Å²) in [6.07, 6.45) is 2.68. The number of aliphatic hydroxyl groups excluding tert-OH is 1. The van der Waals surface area contributed by atoms with Gasteiger partial charge in [0.1, 0.15) is 11.6 Å². The lowest BCUT2D eigenvalue weighted by Gasteiger charge is -2.36. The first-order valence-corrected chi connectivity index (χ1v) is 9.37. The second kappa shape index (κ2) is 7.07. The van der Waals surface area contributed by atoms with Crippen LogP contribution in [0.1, 0.15) is 48.6 Å². The van der Waals surface area contributed by atoms with Gasteiger partial charge in [-0.15, -0.1) is 0 Å². The van der Waals surface area contributed by atoms with Crippen molar-refractivity contribution < 1.29 is 14.4 Å². The maximum atomic E-state index is 9.33. The molecule has 0 bridgehead atoms. The SMILES string of the molecule is COC1CC(n2c(C(N)CCO)nc3cc(-c4c(C)noc4C)ccc32)C1. The first kappa shape index (κ1) is 18.2. The minimum atomic E-state index is -0.300. The molecule has 27 heavy (non-hydrogen) atoms. The van der Waals surface area contributed by atoms with E-state index in [0.29, 0.717) is 12.5 Å². The highest BCUT2D eigenvalue weighted by Gasteiger charge is 2.34. The zero-order valence-electron chi connectivity index (χ0n) is 16.0. The van der Waals surface area contributed by atoms with Crippen LogP contribution < -0.4 is 5.73 Å². The molecule has 0 spiro atoms. The van der Waals surface area contributed by atoms with Crippen molar-refractivity contribution in [2.24, 2.45) is 5.73 Å². The van der Waals surface area contributed by atoms with Gasteiger partial charge >= 0.3 is 0 Å². The summed E-state index contributed by atoms with van der Waals surface area (Å²) in [5.41, 5.74) is 11.2. The smallest absolute Gasteiger partial charge is 0.141 e. The van der Waals surface area contributed by atoms with E-state index in [9.17, 15) is 5.11 Å². The van der Waals surface area contributed by atoms with Crippen molar-refractivity contribution in [2.75, 3.05) is 13.7 Å². The van der Waals surface area contributed by atoms with Crippen molar-refractivity contribution in [2.45, 2.75) is 51.3 Å². The third kappa shape index (κ3) is 3.05. The molecule has 7 nitrogen and oxygen atoms in total. The lowest BCUT2D eigenvalue weighted by atomic mass is 9.88. The minimum absolute atomic E-state index is 0.0417. The van der Waals surface area contributed by atoms with Gasteiger partial charge in [0.25, 0.3) is 0 Å². The molecule has 144 valence electrons. The van der Waals surface area contributed by atoms with Crippen LogP contribution in [0, 0.1) is 13.8 Å². The lowest BCUT2D eigenvalue weighted by molar-refractivity contribution is 0.00621. The van der Waals surface area contributed by atoms with E-state index in [1.165, 1.54) is 0 Å². The van der Waals surface area contributed by atoms with E-state index >= 15 is 0 Å². The van der Waals surface area contributed by atoms with Crippen molar-refractivity contribution in [1.29, 1.82) is 0 Å². The highest BCUT2D eigenvalue weighted by Crippen LogP contribution is 2.39. The predicted octanol–water partition coefficient (Wildman–Crippen LogP) is 3.04. The van der Waals surface area contributed by atoms with Crippen molar-refractivity contribution in [1.82, 2.24) is 14.7 Å². The maximum absolute atomic E-state index is 9.33. The van der Waals surface area contributed by atoms with E-state index in [2.05, 4.69) is 27.9 Å². The normalized spacial score (nSPS) is 20.8. The van der Waals surface area contributed by atoms with Gasteiger partial charge in [-0.3, -0.25) is 0 Å². The van der Waals surface area contributed by atoms with Gasteiger partial charge < -0.3 is 24.7 Å². The zero-order valence-corrected chi connectivity index (χ0v) is 16.0. The predicted molar refractivity (Wildman–Crippen MR) is 102 cm³/mol. The lowest BCUT2D eigenvalue weighted by Crippen LogP contribution is -2.34. The Bertz CT molecular complexity index is 936. The second-order valence-corrected chi connectivity index (χ2v) is 7.34. The van der Waals surface area contributed by atoms with Gasteiger partial charge in [-0.25, -0.2) is 4.98 Å². The van der Waals surface area contributed by atoms with Crippen LogP contribution in [0.25, 0.3) is 22.2 Å². The quantitative estimate of drug-likeness (QED) is 0.692. The fourth-order valence-corrected chi connectivity index (χ4v) is 4.02. The summed E-state index contributed by atoms with van der Waals surface area (Å²) in [5.74, 6) is 1.62. The highest BCUT2D eigenvalue weighted by atomic mass is 16.5. The van der Waals surface area contributed by atoms with Gasteiger partial charge in [-0.1, -0.05) is 11.2 Å². The molecule has 2 aromatic heterocycles. The van der Waals surface area contributed by atoms with E-state index < -0.39 is 0 Å². The van der Waals surface area contributed by atoms with Crippen LogP contribution in [0.15, 0.2) is 22.7 Å². The molecule has 0 amide bonds. The maximum Gasteiger partial charge on any atom is 0.141 e. The third-order valence-electron chi connectivity index (χ3n) is 5.58. The number of imidazole rings is 1. The number of aryl methyl sites for hydroxylation is 2. The molecule has 0 aliphatic heterocycles. The Hall–Kier alpha value is -2.22. The number of methoxy groups -OCH3 is 1. The molecule has 1 saturated carbocycles. The van der Waals surface area contributed by atoms with E-state index in [0.717, 1.165) is 52.3 Å². The summed E-state index contributed by atoms with van der Waals surface area (Å²) >= 11 is 0. The summed E-state index contributed by atoms with van der Waals surface area (Å²) in [5, 5.41) is 13.4. The van der Waals surface area contributed by atoms with E-state index in [4.69, 9.17) is 20.0 Å². The number of ether oxygens (including phenoxy) is 1. The molecule has 1 unspecified atom stereocenters. The van der Waals surface area contributed by atoms with Gasteiger partial charge in [0.15, 0.2) is 0 Å². The molecule has 1 aliphatic rings. The molecular formula is C20H26N4O3. The Labute approximate surface area is 158 Å². The Morgan fingerprint density at radius 3 is 2.78 bits per heavy atom. The van der Waals surface area contributed by atoms with Gasteiger partial charge in [0.2, 0.25) is 0 Å². The number of aliphatic hydroxyl groups is 1. The molecule has 7 heteroatoms. The molecule has 3 N–H and O–H groups in total. The van der Waals surface area contributed by atoms with E-state index in [-0.39, 0.29) is 18.8 Å². The molecule has 1 aromatic carbocycles. The molecule has 2 heterocycles. The summed E-state index contributed by atoms with van der Waals surface area (Å²) < 4.78 is 13.0. The van der Waals surface area contributed by atoms with Crippen LogP contribution in [0.5, 0.6) is 0 Å². The molecule has 3 aromatic rings. The summed E-state index contributed by atoms with van der Waals surface area (Å²) in [4.78, 5) is 4.85. The molecular weight excluding hydrogens is 344 g/mol. The van der Waals surface area contributed by atoms with Gasteiger partial charge in [-0.05, 0) is 50.8 Å². The van der Waals surface area contributed by atoms with Crippen molar-refractivity contribution in [3.8, 4) is 11.1 Å². The largest absolute Gasteiger partial charge is 0.396 e. The molecule has 1 fully saturated rings. The molecule has 1 atom stereocenters. The van der Waals surface area contributed by atoms with E-state index in [1.54, 1.807) is 7.11 Å². The molecule has 0 saturated heterocycles. The fraction of sp³-hybridized carbons (Fsp3) is 0.500. The monoisotopic (exact) mass is 370 g/mol. The van der Waals surface area contributed by atoms with Crippen LogP contribution in [0.2, 0.25) is 0 Å². The number of hydrogen-bond donors (Lipinski definition) is 2. The minimum Gasteiger partial charge on any atom is -0.396 e. The number of nitrogens with zero attached hydrogens (tertiary/aromatic N) is 3. The zero-order chi connectivity index (χ0) is 19.1. The van der Waals surface area contributed by atoms with Crippen molar-refractivity contribution >= 4 is 11.0 Å². The van der Waals surface area contributed by atoms with Gasteiger partial charge in [0.05, 0.1) is 28.9 Å². The average Bonchev–Trinajstić information content (AvgIpc) is 3.14. The first-order chi connectivity index (χ1) is 13.0. The Morgan fingerprint density at radius 1 is 1.37 bits per heavy atom. The third-order valence-corrected chi connectivity index (χ3v) is 5.58. The molecule has 4 rings (SSSR count). The number of rotatable bonds is 6. The Kier molecular flexibility index (Phi) is 4.75. The number of nitrogens with two attached hydrogens (primary N) is 1. The number of hydrogen-bond acceptors (Lipinski definition) is 6. The number of fused-ring (bicyclic) bond motifs is 1. The summed E-state index contributed by atoms with van der Waals surface area (Å²) in [7, 11) is 1.75. The average molecular weight is 370 g/mol. The highest BCUT2D eigenvalue weighted by molar-refractivity contribution is 5.84. The van der Waals surface area contributed by atoms with Crippen LogP contribution in [0.3, 0.4) is 0 Å². The standard InChI is InChI=1S/C20H26N4O3/c1-11-19(12(2)27-23-11)13-4-5-18-17(8-13)22-20(16(21)6-7-25)24(18)14-9-15(10-14)26-3/h4-5,8,14-16,25H,6-7,9-10,21H2,1-3H3. The van der Waals surface area contributed by atoms with Gasteiger partial charge in [-0.2, -0.15) is 0 Å². The fourth-order valence-electron chi connectivity index (χ4n) is 4.02.